The lowest BCUT2D eigenvalue weighted by molar-refractivity contribution is -0.256. The third-order valence-corrected chi connectivity index (χ3v) is 3.69. The van der Waals surface area contributed by atoms with Crippen molar-refractivity contribution in [3.05, 3.63) is 29.8 Å². The fraction of sp³-hybridized carbons (Fsp3) is 0.429. The lowest BCUT2D eigenvalue weighted by atomic mass is 10.0. The normalized spacial score (nSPS) is 16.6. The van der Waals surface area contributed by atoms with Gasteiger partial charge in [0.15, 0.2) is 11.6 Å². The SMILES string of the molecule is O=C([O-])c1nc2c(F)cccc2n1CC1CCOCC1. The summed E-state index contributed by atoms with van der Waals surface area (Å²) in [4.78, 5) is 15.1. The highest BCUT2D eigenvalue weighted by Gasteiger charge is 2.20. The summed E-state index contributed by atoms with van der Waals surface area (Å²) < 4.78 is 20.5. The summed E-state index contributed by atoms with van der Waals surface area (Å²) in [5, 5.41) is 11.2. The van der Waals surface area contributed by atoms with Crippen LogP contribution in [0.3, 0.4) is 0 Å². The van der Waals surface area contributed by atoms with Crippen LogP contribution in [0.5, 0.6) is 0 Å². The molecule has 106 valence electrons. The van der Waals surface area contributed by atoms with E-state index in [-0.39, 0.29) is 11.3 Å². The molecule has 3 rings (SSSR count). The molecule has 0 spiro atoms. The molecular formula is C14H14FN2O3-. The largest absolute Gasteiger partial charge is 0.542 e. The minimum Gasteiger partial charge on any atom is -0.542 e. The maximum Gasteiger partial charge on any atom is 0.156 e. The number of carboxylic acid groups (broad SMARTS) is 1. The van der Waals surface area contributed by atoms with Crippen LogP contribution in [-0.4, -0.2) is 28.7 Å². The fourth-order valence-electron chi connectivity index (χ4n) is 2.64. The Kier molecular flexibility index (Phi) is 3.40. The van der Waals surface area contributed by atoms with Crippen LogP contribution in [0.25, 0.3) is 11.0 Å². The zero-order valence-corrected chi connectivity index (χ0v) is 10.8. The van der Waals surface area contributed by atoms with Crippen molar-refractivity contribution in [3.8, 4) is 0 Å². The van der Waals surface area contributed by atoms with Crippen LogP contribution in [0.4, 0.5) is 4.39 Å². The van der Waals surface area contributed by atoms with Gasteiger partial charge in [0.1, 0.15) is 11.5 Å². The molecule has 0 aliphatic carbocycles. The molecule has 6 heteroatoms. The second kappa shape index (κ2) is 5.20. The molecule has 0 unspecified atom stereocenters. The number of hydrogen-bond acceptors (Lipinski definition) is 4. The predicted octanol–water partition coefficient (Wildman–Crippen LogP) is 0.966. The Bertz CT molecular complexity index is 647. The number of para-hydroxylation sites is 1. The first-order valence-electron chi connectivity index (χ1n) is 6.60. The Morgan fingerprint density at radius 1 is 1.45 bits per heavy atom. The van der Waals surface area contributed by atoms with Gasteiger partial charge in [0.05, 0.1) is 5.52 Å². The first-order chi connectivity index (χ1) is 9.66. The number of aromatic nitrogens is 2. The van der Waals surface area contributed by atoms with E-state index < -0.39 is 11.8 Å². The van der Waals surface area contributed by atoms with Crippen LogP contribution in [-0.2, 0) is 11.3 Å². The summed E-state index contributed by atoms with van der Waals surface area (Å²) in [5.41, 5.74) is 0.578. The van der Waals surface area contributed by atoms with E-state index in [0.717, 1.165) is 12.8 Å². The molecule has 0 atom stereocenters. The van der Waals surface area contributed by atoms with Gasteiger partial charge in [-0.3, -0.25) is 0 Å². The number of halogens is 1. The number of aromatic carboxylic acids is 1. The number of imidazole rings is 1. The second-order valence-corrected chi connectivity index (χ2v) is 5.00. The van der Waals surface area contributed by atoms with Crippen LogP contribution in [0, 0.1) is 11.7 Å². The molecule has 1 saturated heterocycles. The average molecular weight is 277 g/mol. The van der Waals surface area contributed by atoms with E-state index >= 15 is 0 Å². The lowest BCUT2D eigenvalue weighted by Gasteiger charge is -2.23. The molecule has 1 fully saturated rings. The number of benzene rings is 1. The van der Waals surface area contributed by atoms with Gasteiger partial charge >= 0.3 is 0 Å². The Morgan fingerprint density at radius 3 is 2.90 bits per heavy atom. The summed E-state index contributed by atoms with van der Waals surface area (Å²) >= 11 is 0. The minimum atomic E-state index is -1.38. The maximum absolute atomic E-state index is 13.7. The highest BCUT2D eigenvalue weighted by molar-refractivity contribution is 5.88. The summed E-state index contributed by atoms with van der Waals surface area (Å²) in [6.07, 6.45) is 1.73. The van der Waals surface area contributed by atoms with Gasteiger partial charge in [0.2, 0.25) is 0 Å². The quantitative estimate of drug-likeness (QED) is 0.838. The molecule has 0 N–H and O–H groups in total. The van der Waals surface area contributed by atoms with Crippen molar-refractivity contribution in [2.45, 2.75) is 19.4 Å². The molecule has 5 nitrogen and oxygen atoms in total. The van der Waals surface area contributed by atoms with Crippen molar-refractivity contribution in [1.29, 1.82) is 0 Å². The van der Waals surface area contributed by atoms with Crippen molar-refractivity contribution < 1.29 is 19.0 Å². The standard InChI is InChI=1S/C14H15FN2O3/c15-10-2-1-3-11-12(10)16-13(14(18)19)17(11)8-9-4-6-20-7-5-9/h1-3,9H,4-8H2,(H,18,19)/p-1. The zero-order chi connectivity index (χ0) is 14.1. The number of rotatable bonds is 3. The van der Waals surface area contributed by atoms with Gasteiger partial charge in [-0.1, -0.05) is 6.07 Å². The molecule has 1 aromatic heterocycles. The van der Waals surface area contributed by atoms with Gasteiger partial charge in [0, 0.05) is 19.8 Å². The predicted molar refractivity (Wildman–Crippen MR) is 67.6 cm³/mol. The van der Waals surface area contributed by atoms with Gasteiger partial charge < -0.3 is 19.2 Å². The molecule has 1 aliphatic rings. The van der Waals surface area contributed by atoms with Gasteiger partial charge in [-0.15, -0.1) is 0 Å². The third-order valence-electron chi connectivity index (χ3n) is 3.69. The molecule has 0 amide bonds. The van der Waals surface area contributed by atoms with Crippen LogP contribution in [0.15, 0.2) is 18.2 Å². The number of carboxylic acids is 1. The van der Waals surface area contributed by atoms with E-state index in [1.165, 1.54) is 6.07 Å². The van der Waals surface area contributed by atoms with Crippen LogP contribution in [0.1, 0.15) is 23.5 Å². The zero-order valence-electron chi connectivity index (χ0n) is 10.8. The van der Waals surface area contributed by atoms with E-state index in [9.17, 15) is 14.3 Å². The summed E-state index contributed by atoms with van der Waals surface area (Å²) in [6.45, 7) is 1.84. The first-order valence-corrected chi connectivity index (χ1v) is 6.60. The van der Waals surface area contributed by atoms with Crippen molar-refractivity contribution in [3.63, 3.8) is 0 Å². The second-order valence-electron chi connectivity index (χ2n) is 5.00. The highest BCUT2D eigenvalue weighted by atomic mass is 19.1. The number of carbonyl (C=O) groups excluding carboxylic acids is 1. The summed E-state index contributed by atoms with van der Waals surface area (Å²) in [6, 6.07) is 4.50. The van der Waals surface area contributed by atoms with Crippen molar-refractivity contribution >= 4 is 17.0 Å². The lowest BCUT2D eigenvalue weighted by Crippen LogP contribution is -2.29. The molecule has 0 radical (unpaired) electrons. The number of fused-ring (bicyclic) bond motifs is 1. The molecule has 20 heavy (non-hydrogen) atoms. The fourth-order valence-corrected chi connectivity index (χ4v) is 2.64. The monoisotopic (exact) mass is 277 g/mol. The van der Waals surface area contributed by atoms with Crippen LogP contribution in [0.2, 0.25) is 0 Å². The Labute approximate surface area is 115 Å². The van der Waals surface area contributed by atoms with Gasteiger partial charge in [-0.2, -0.15) is 0 Å². The van der Waals surface area contributed by atoms with E-state index in [1.807, 2.05) is 0 Å². The number of ether oxygens (including phenoxy) is 1. The van der Waals surface area contributed by atoms with E-state index in [0.29, 0.717) is 31.2 Å². The van der Waals surface area contributed by atoms with E-state index in [2.05, 4.69) is 4.98 Å². The van der Waals surface area contributed by atoms with Gasteiger partial charge in [-0.05, 0) is 30.9 Å². The Morgan fingerprint density at radius 2 is 2.20 bits per heavy atom. The summed E-state index contributed by atoms with van der Waals surface area (Å²) in [7, 11) is 0. The van der Waals surface area contributed by atoms with Crippen molar-refractivity contribution in [2.75, 3.05) is 13.2 Å². The van der Waals surface area contributed by atoms with Crippen molar-refractivity contribution in [1.82, 2.24) is 9.55 Å². The molecule has 1 aromatic carbocycles. The number of carbonyl (C=O) groups is 1. The van der Waals surface area contributed by atoms with E-state index in [4.69, 9.17) is 4.74 Å². The summed E-state index contributed by atoms with van der Waals surface area (Å²) in [5.74, 6) is -1.80. The Balaban J connectivity index is 2.04. The topological polar surface area (TPSA) is 67.2 Å². The molecule has 0 bridgehead atoms. The molecular weight excluding hydrogens is 263 g/mol. The average Bonchev–Trinajstić information content (AvgIpc) is 2.81. The van der Waals surface area contributed by atoms with Crippen LogP contribution < -0.4 is 5.11 Å². The molecule has 0 saturated carbocycles. The number of hydrogen-bond donors (Lipinski definition) is 0. The van der Waals surface area contributed by atoms with E-state index in [1.54, 1.807) is 16.7 Å². The molecule has 2 aromatic rings. The maximum atomic E-state index is 13.7. The molecule has 1 aliphatic heterocycles. The van der Waals surface area contributed by atoms with Crippen molar-refractivity contribution in [2.24, 2.45) is 5.92 Å². The smallest absolute Gasteiger partial charge is 0.156 e. The highest BCUT2D eigenvalue weighted by Crippen LogP contribution is 2.23. The van der Waals surface area contributed by atoms with Crippen LogP contribution >= 0.6 is 0 Å². The minimum absolute atomic E-state index is 0.0822. The van der Waals surface area contributed by atoms with Gasteiger partial charge in [-0.25, -0.2) is 9.37 Å². The molecule has 2 heterocycles. The Hall–Kier alpha value is -1.95. The number of nitrogens with zero attached hydrogens (tertiary/aromatic N) is 2. The first kappa shape index (κ1) is 13.1. The van der Waals surface area contributed by atoms with Gasteiger partial charge in [0.25, 0.3) is 0 Å². The third kappa shape index (κ3) is 2.27.